The van der Waals surface area contributed by atoms with E-state index in [1.165, 1.54) is 10.8 Å². The summed E-state index contributed by atoms with van der Waals surface area (Å²) in [6.45, 7) is 8.92. The van der Waals surface area contributed by atoms with Gasteiger partial charge in [-0.3, -0.25) is 9.59 Å². The predicted molar refractivity (Wildman–Crippen MR) is 114 cm³/mol. The summed E-state index contributed by atoms with van der Waals surface area (Å²) in [6, 6.07) is 3.33. The zero-order chi connectivity index (χ0) is 22.4. The number of anilines is 1. The molecule has 0 unspecified atom stereocenters. The number of nitrogens with zero attached hydrogens (tertiary/aromatic N) is 1. The van der Waals surface area contributed by atoms with Crippen LogP contribution in [-0.4, -0.2) is 35.6 Å². The second kappa shape index (κ2) is 10.2. The highest BCUT2D eigenvalue weighted by Gasteiger charge is 2.27. The summed E-state index contributed by atoms with van der Waals surface area (Å²) in [6.07, 6.45) is 1.51. The number of amides is 1. The molecule has 162 valence electrons. The molecule has 2 heterocycles. The van der Waals surface area contributed by atoms with Crippen molar-refractivity contribution >= 4 is 34.2 Å². The van der Waals surface area contributed by atoms with E-state index in [9.17, 15) is 19.2 Å². The minimum atomic E-state index is -0.641. The number of rotatable bonds is 8. The molecule has 2 aromatic rings. The summed E-state index contributed by atoms with van der Waals surface area (Å²) >= 11 is 0.952. The summed E-state index contributed by atoms with van der Waals surface area (Å²) in [7, 11) is 0. The van der Waals surface area contributed by atoms with E-state index < -0.39 is 17.8 Å². The van der Waals surface area contributed by atoms with E-state index in [-0.39, 0.29) is 46.7 Å². The van der Waals surface area contributed by atoms with Crippen LogP contribution in [-0.2, 0) is 20.8 Å². The Kier molecular flexibility index (Phi) is 7.93. The van der Waals surface area contributed by atoms with Gasteiger partial charge >= 0.3 is 11.9 Å². The smallest absolute Gasteiger partial charge is 0.348 e. The zero-order valence-electron chi connectivity index (χ0n) is 17.7. The third kappa shape index (κ3) is 5.56. The molecule has 1 N–H and O–H groups in total. The van der Waals surface area contributed by atoms with Crippen LogP contribution in [0.5, 0.6) is 0 Å². The van der Waals surface area contributed by atoms with Gasteiger partial charge in [0.05, 0.1) is 18.8 Å². The third-order valence-corrected chi connectivity index (χ3v) is 5.32. The van der Waals surface area contributed by atoms with Gasteiger partial charge in [-0.2, -0.15) is 0 Å². The molecule has 0 saturated heterocycles. The molecule has 0 bridgehead atoms. The lowest BCUT2D eigenvalue weighted by molar-refractivity contribution is -0.116. The van der Waals surface area contributed by atoms with Gasteiger partial charge < -0.3 is 19.4 Å². The number of pyridine rings is 1. The molecule has 2 rings (SSSR count). The Morgan fingerprint density at radius 3 is 2.50 bits per heavy atom. The summed E-state index contributed by atoms with van der Waals surface area (Å²) < 4.78 is 11.6. The number of hydrogen-bond acceptors (Lipinski definition) is 7. The number of aromatic nitrogens is 1. The molecule has 9 heteroatoms. The Hall–Kier alpha value is -2.94. The maximum atomic E-state index is 12.6. The quantitative estimate of drug-likeness (QED) is 0.640. The Labute approximate surface area is 178 Å². The van der Waals surface area contributed by atoms with Crippen LogP contribution < -0.4 is 10.9 Å². The van der Waals surface area contributed by atoms with Crippen molar-refractivity contribution < 1.29 is 23.9 Å². The molecule has 0 atom stereocenters. The highest BCUT2D eigenvalue weighted by atomic mass is 32.1. The van der Waals surface area contributed by atoms with Gasteiger partial charge in [0.25, 0.3) is 5.56 Å². The van der Waals surface area contributed by atoms with E-state index in [0.29, 0.717) is 11.1 Å². The van der Waals surface area contributed by atoms with E-state index in [1.807, 2.05) is 13.8 Å². The lowest BCUT2D eigenvalue weighted by Gasteiger charge is -2.09. The van der Waals surface area contributed by atoms with Gasteiger partial charge in [-0.1, -0.05) is 19.9 Å². The average molecular weight is 435 g/mol. The van der Waals surface area contributed by atoms with Crippen molar-refractivity contribution in [3.8, 4) is 0 Å². The normalized spacial score (nSPS) is 10.7. The summed E-state index contributed by atoms with van der Waals surface area (Å²) in [5, 5.41) is 2.83. The van der Waals surface area contributed by atoms with Gasteiger partial charge in [-0.05, 0) is 38.3 Å². The van der Waals surface area contributed by atoms with Crippen molar-refractivity contribution in [1.82, 2.24) is 4.57 Å². The van der Waals surface area contributed by atoms with E-state index in [2.05, 4.69) is 5.32 Å². The zero-order valence-corrected chi connectivity index (χ0v) is 18.6. The lowest BCUT2D eigenvalue weighted by Crippen LogP contribution is -2.28. The van der Waals surface area contributed by atoms with Gasteiger partial charge in [0.15, 0.2) is 0 Å². The number of esters is 2. The highest BCUT2D eigenvalue weighted by molar-refractivity contribution is 7.18. The first-order valence-corrected chi connectivity index (χ1v) is 10.4. The molecule has 0 aliphatic rings. The molecule has 1 amide bonds. The number of ether oxygens (including phenoxy) is 2. The fourth-order valence-corrected chi connectivity index (χ4v) is 3.76. The van der Waals surface area contributed by atoms with Crippen LogP contribution >= 0.6 is 11.3 Å². The highest BCUT2D eigenvalue weighted by Crippen LogP contribution is 2.34. The Balaban J connectivity index is 2.32. The molecule has 0 spiro atoms. The van der Waals surface area contributed by atoms with Crippen LogP contribution in [0.2, 0.25) is 0 Å². The van der Waals surface area contributed by atoms with Crippen LogP contribution in [0.4, 0.5) is 5.00 Å². The molecule has 0 radical (unpaired) electrons. The standard InChI is InChI=1S/C21H26N2O6S/c1-6-28-20(26)16-14(5)17(21(27)29-11-12(2)3)30-18(16)22-15(24)10-23-9-7-8-13(4)19(23)25/h7-9,12H,6,10-11H2,1-5H3,(H,22,24). The number of hydrogen-bond donors (Lipinski definition) is 1. The molecule has 8 nitrogen and oxygen atoms in total. The second-order valence-corrected chi connectivity index (χ2v) is 8.17. The molecular formula is C21H26N2O6S. The number of carbonyl (C=O) groups is 3. The molecule has 2 aromatic heterocycles. The summed E-state index contributed by atoms with van der Waals surface area (Å²) in [5.74, 6) is -1.55. The minimum Gasteiger partial charge on any atom is -0.462 e. The maximum Gasteiger partial charge on any atom is 0.348 e. The lowest BCUT2D eigenvalue weighted by atomic mass is 10.1. The number of nitrogens with one attached hydrogen (secondary N) is 1. The van der Waals surface area contributed by atoms with Gasteiger partial charge in [0.1, 0.15) is 16.4 Å². The SMILES string of the molecule is CCOC(=O)c1c(NC(=O)Cn2cccc(C)c2=O)sc(C(=O)OCC(C)C)c1C. The van der Waals surface area contributed by atoms with E-state index in [0.717, 1.165) is 11.3 Å². The number of thiophene rings is 1. The van der Waals surface area contributed by atoms with Crippen molar-refractivity contribution in [2.45, 2.75) is 41.2 Å². The largest absolute Gasteiger partial charge is 0.462 e. The molecule has 0 aliphatic heterocycles. The minimum absolute atomic E-state index is 0.114. The maximum absolute atomic E-state index is 12.6. The van der Waals surface area contributed by atoms with Crippen LogP contribution in [0.15, 0.2) is 23.1 Å². The van der Waals surface area contributed by atoms with Crippen LogP contribution in [0.3, 0.4) is 0 Å². The van der Waals surface area contributed by atoms with Crippen LogP contribution in [0.1, 0.15) is 51.9 Å². The molecule has 0 aromatic carbocycles. The second-order valence-electron chi connectivity index (χ2n) is 7.15. The first kappa shape index (κ1) is 23.3. The van der Waals surface area contributed by atoms with E-state index in [4.69, 9.17) is 9.47 Å². The van der Waals surface area contributed by atoms with Crippen LogP contribution in [0, 0.1) is 19.8 Å². The van der Waals surface area contributed by atoms with Gasteiger partial charge in [-0.15, -0.1) is 11.3 Å². The van der Waals surface area contributed by atoms with Crippen LogP contribution in [0.25, 0.3) is 0 Å². The first-order chi connectivity index (χ1) is 14.1. The fourth-order valence-electron chi connectivity index (χ4n) is 2.66. The number of aryl methyl sites for hydroxylation is 1. The molecular weight excluding hydrogens is 408 g/mol. The van der Waals surface area contributed by atoms with Crippen molar-refractivity contribution in [1.29, 1.82) is 0 Å². The Bertz CT molecular complexity index is 1010. The van der Waals surface area contributed by atoms with Crippen molar-refractivity contribution in [3.05, 3.63) is 50.3 Å². The third-order valence-electron chi connectivity index (χ3n) is 4.14. The monoisotopic (exact) mass is 434 g/mol. The van der Waals surface area contributed by atoms with Gasteiger partial charge in [0.2, 0.25) is 5.91 Å². The van der Waals surface area contributed by atoms with Crippen molar-refractivity contribution in [2.75, 3.05) is 18.5 Å². The van der Waals surface area contributed by atoms with Crippen molar-refractivity contribution in [2.24, 2.45) is 5.92 Å². The predicted octanol–water partition coefficient (Wildman–Crippen LogP) is 3.15. The van der Waals surface area contributed by atoms with Gasteiger partial charge in [0, 0.05) is 11.8 Å². The number of carbonyl (C=O) groups excluding carboxylic acids is 3. The fraction of sp³-hybridized carbons (Fsp3) is 0.429. The van der Waals surface area contributed by atoms with E-state index in [1.54, 1.807) is 32.9 Å². The first-order valence-electron chi connectivity index (χ1n) is 9.59. The molecule has 0 saturated carbocycles. The Morgan fingerprint density at radius 1 is 1.17 bits per heavy atom. The topological polar surface area (TPSA) is 104 Å². The van der Waals surface area contributed by atoms with Crippen molar-refractivity contribution in [3.63, 3.8) is 0 Å². The average Bonchev–Trinajstić information content (AvgIpc) is 2.99. The Morgan fingerprint density at radius 2 is 1.87 bits per heavy atom. The summed E-state index contributed by atoms with van der Waals surface area (Å²) in [5.41, 5.74) is 0.733. The summed E-state index contributed by atoms with van der Waals surface area (Å²) in [4.78, 5) is 49.8. The molecule has 0 aliphatic carbocycles. The van der Waals surface area contributed by atoms with E-state index >= 15 is 0 Å². The molecule has 0 fully saturated rings. The molecule has 30 heavy (non-hydrogen) atoms. The van der Waals surface area contributed by atoms with Gasteiger partial charge in [-0.25, -0.2) is 9.59 Å².